The fraction of sp³-hybridized carbons (Fsp3) is 0.400. The van der Waals surface area contributed by atoms with E-state index in [4.69, 9.17) is 17.0 Å². The highest BCUT2D eigenvalue weighted by atomic mass is 32.1. The van der Waals surface area contributed by atoms with Crippen LogP contribution < -0.4 is 10.6 Å². The minimum Gasteiger partial charge on any atom is -0.383 e. The predicted octanol–water partition coefficient (Wildman–Crippen LogP) is 1.32. The standard InChI is InChI=1S/C10H15N3OS/c1-8-3-4-9(7-12-8)13-10(15)11-5-6-14-2/h3-4,7H,5-6H2,1-2H3,(H2,11,13,15). The predicted molar refractivity (Wildman–Crippen MR) is 65.1 cm³/mol. The molecule has 0 spiro atoms. The molecular weight excluding hydrogens is 210 g/mol. The van der Waals surface area contributed by atoms with Crippen LogP contribution >= 0.6 is 12.2 Å². The van der Waals surface area contributed by atoms with E-state index in [0.29, 0.717) is 18.3 Å². The molecule has 0 amide bonds. The van der Waals surface area contributed by atoms with Crippen LogP contribution in [0.1, 0.15) is 5.69 Å². The molecule has 2 N–H and O–H groups in total. The molecule has 0 unspecified atom stereocenters. The van der Waals surface area contributed by atoms with Crippen molar-refractivity contribution in [1.29, 1.82) is 0 Å². The van der Waals surface area contributed by atoms with E-state index in [1.165, 1.54) is 0 Å². The molecule has 5 heteroatoms. The average molecular weight is 225 g/mol. The lowest BCUT2D eigenvalue weighted by Crippen LogP contribution is -2.31. The van der Waals surface area contributed by atoms with Gasteiger partial charge in [0.05, 0.1) is 18.5 Å². The molecule has 0 saturated heterocycles. The average Bonchev–Trinajstić information content (AvgIpc) is 2.22. The van der Waals surface area contributed by atoms with Crippen LogP contribution in [0, 0.1) is 6.92 Å². The van der Waals surface area contributed by atoms with Gasteiger partial charge >= 0.3 is 0 Å². The highest BCUT2D eigenvalue weighted by Crippen LogP contribution is 2.04. The van der Waals surface area contributed by atoms with Crippen LogP contribution in [0.2, 0.25) is 0 Å². The number of methoxy groups -OCH3 is 1. The SMILES string of the molecule is COCCNC(=S)Nc1ccc(C)nc1. The molecular formula is C10H15N3OS. The summed E-state index contributed by atoms with van der Waals surface area (Å²) in [4.78, 5) is 4.15. The first-order chi connectivity index (χ1) is 7.22. The Labute approximate surface area is 95.0 Å². The molecule has 0 aliphatic heterocycles. The number of anilines is 1. The third-order valence-electron chi connectivity index (χ3n) is 1.76. The number of hydrogen-bond acceptors (Lipinski definition) is 3. The molecule has 0 aliphatic carbocycles. The van der Waals surface area contributed by atoms with Crippen molar-refractivity contribution in [2.24, 2.45) is 0 Å². The molecule has 0 radical (unpaired) electrons. The summed E-state index contributed by atoms with van der Waals surface area (Å²) in [6, 6.07) is 3.87. The molecule has 1 aromatic heterocycles. The number of rotatable bonds is 4. The van der Waals surface area contributed by atoms with Gasteiger partial charge < -0.3 is 15.4 Å². The highest BCUT2D eigenvalue weighted by Gasteiger charge is 1.96. The second-order valence-corrected chi connectivity index (χ2v) is 3.47. The van der Waals surface area contributed by atoms with Crippen molar-refractivity contribution in [2.75, 3.05) is 25.6 Å². The second kappa shape index (κ2) is 6.31. The molecule has 1 heterocycles. The Morgan fingerprint density at radius 3 is 2.93 bits per heavy atom. The fourth-order valence-electron chi connectivity index (χ4n) is 0.984. The van der Waals surface area contributed by atoms with Crippen LogP contribution in [-0.4, -0.2) is 30.4 Å². The molecule has 0 fully saturated rings. The minimum absolute atomic E-state index is 0.581. The Balaban J connectivity index is 2.34. The van der Waals surface area contributed by atoms with Crippen molar-refractivity contribution in [3.63, 3.8) is 0 Å². The van der Waals surface area contributed by atoms with E-state index in [0.717, 1.165) is 11.4 Å². The maximum absolute atomic E-state index is 5.08. The van der Waals surface area contributed by atoms with E-state index < -0.39 is 0 Å². The lowest BCUT2D eigenvalue weighted by molar-refractivity contribution is 0.204. The Bertz CT molecular complexity index is 313. The van der Waals surface area contributed by atoms with Crippen molar-refractivity contribution in [1.82, 2.24) is 10.3 Å². The topological polar surface area (TPSA) is 46.2 Å². The minimum atomic E-state index is 0.581. The van der Waals surface area contributed by atoms with Crippen molar-refractivity contribution < 1.29 is 4.74 Å². The largest absolute Gasteiger partial charge is 0.383 e. The van der Waals surface area contributed by atoms with E-state index >= 15 is 0 Å². The quantitative estimate of drug-likeness (QED) is 0.598. The van der Waals surface area contributed by atoms with Gasteiger partial charge in [-0.1, -0.05) is 0 Å². The summed E-state index contributed by atoms with van der Waals surface area (Å²) in [5, 5.41) is 6.63. The number of pyridine rings is 1. The third kappa shape index (κ3) is 4.71. The molecule has 4 nitrogen and oxygen atoms in total. The summed E-state index contributed by atoms with van der Waals surface area (Å²) in [6.07, 6.45) is 1.75. The van der Waals surface area contributed by atoms with Gasteiger partial charge in [-0.25, -0.2) is 0 Å². The van der Waals surface area contributed by atoms with Crippen molar-refractivity contribution >= 4 is 23.0 Å². The van der Waals surface area contributed by atoms with E-state index in [-0.39, 0.29) is 0 Å². The smallest absolute Gasteiger partial charge is 0.170 e. The van der Waals surface area contributed by atoms with Gasteiger partial charge in [0.25, 0.3) is 0 Å². The van der Waals surface area contributed by atoms with Crippen LogP contribution in [0.4, 0.5) is 5.69 Å². The highest BCUT2D eigenvalue weighted by molar-refractivity contribution is 7.80. The number of aromatic nitrogens is 1. The van der Waals surface area contributed by atoms with Gasteiger partial charge in [-0.3, -0.25) is 4.98 Å². The number of hydrogen-bond donors (Lipinski definition) is 2. The zero-order valence-electron chi connectivity index (χ0n) is 8.91. The molecule has 1 aromatic rings. The summed E-state index contributed by atoms with van der Waals surface area (Å²) < 4.78 is 4.90. The maximum Gasteiger partial charge on any atom is 0.170 e. The van der Waals surface area contributed by atoms with E-state index in [9.17, 15) is 0 Å². The van der Waals surface area contributed by atoms with E-state index in [2.05, 4.69) is 15.6 Å². The van der Waals surface area contributed by atoms with Gasteiger partial charge in [0, 0.05) is 19.3 Å². The first-order valence-electron chi connectivity index (χ1n) is 4.69. The summed E-state index contributed by atoms with van der Waals surface area (Å²) >= 11 is 5.08. The van der Waals surface area contributed by atoms with Crippen LogP contribution in [0.5, 0.6) is 0 Å². The van der Waals surface area contributed by atoms with Gasteiger partial charge in [0.1, 0.15) is 0 Å². The molecule has 15 heavy (non-hydrogen) atoms. The number of nitrogens with zero attached hydrogens (tertiary/aromatic N) is 1. The van der Waals surface area contributed by atoms with Gasteiger partial charge in [0.15, 0.2) is 5.11 Å². The van der Waals surface area contributed by atoms with Gasteiger partial charge in [0.2, 0.25) is 0 Å². The van der Waals surface area contributed by atoms with Gasteiger partial charge in [-0.2, -0.15) is 0 Å². The molecule has 0 bridgehead atoms. The lowest BCUT2D eigenvalue weighted by Gasteiger charge is -2.09. The monoisotopic (exact) mass is 225 g/mol. The first-order valence-corrected chi connectivity index (χ1v) is 5.09. The van der Waals surface area contributed by atoms with Crippen molar-refractivity contribution in [2.45, 2.75) is 6.92 Å². The Morgan fingerprint density at radius 2 is 2.33 bits per heavy atom. The second-order valence-electron chi connectivity index (χ2n) is 3.06. The number of ether oxygens (including phenoxy) is 1. The van der Waals surface area contributed by atoms with Crippen molar-refractivity contribution in [3.05, 3.63) is 24.0 Å². The zero-order chi connectivity index (χ0) is 11.1. The first kappa shape index (κ1) is 11.9. The van der Waals surface area contributed by atoms with Gasteiger partial charge in [-0.05, 0) is 31.3 Å². The Morgan fingerprint density at radius 1 is 1.53 bits per heavy atom. The Kier molecular flexibility index (Phi) is 5.00. The molecule has 0 atom stereocenters. The maximum atomic E-state index is 5.08. The number of aryl methyl sites for hydroxylation is 1. The van der Waals surface area contributed by atoms with Crippen LogP contribution in [-0.2, 0) is 4.74 Å². The summed E-state index contributed by atoms with van der Waals surface area (Å²) in [7, 11) is 1.65. The molecule has 82 valence electrons. The zero-order valence-corrected chi connectivity index (χ0v) is 9.73. The lowest BCUT2D eigenvalue weighted by atomic mass is 10.3. The Hall–Kier alpha value is -1.20. The number of nitrogens with one attached hydrogen (secondary N) is 2. The molecule has 0 aromatic carbocycles. The fourth-order valence-corrected chi connectivity index (χ4v) is 1.20. The molecule has 0 saturated carbocycles. The normalized spacial score (nSPS) is 9.73. The van der Waals surface area contributed by atoms with Crippen LogP contribution in [0.15, 0.2) is 18.3 Å². The molecule has 0 aliphatic rings. The van der Waals surface area contributed by atoms with Crippen molar-refractivity contribution in [3.8, 4) is 0 Å². The van der Waals surface area contributed by atoms with Crippen LogP contribution in [0.25, 0.3) is 0 Å². The van der Waals surface area contributed by atoms with Crippen LogP contribution in [0.3, 0.4) is 0 Å². The molecule has 1 rings (SSSR count). The summed E-state index contributed by atoms with van der Waals surface area (Å²) in [5.41, 5.74) is 1.87. The third-order valence-corrected chi connectivity index (χ3v) is 2.01. The van der Waals surface area contributed by atoms with E-state index in [1.807, 2.05) is 19.1 Å². The number of thiocarbonyl (C=S) groups is 1. The van der Waals surface area contributed by atoms with E-state index in [1.54, 1.807) is 13.3 Å². The summed E-state index contributed by atoms with van der Waals surface area (Å²) in [6.45, 7) is 3.27. The summed E-state index contributed by atoms with van der Waals surface area (Å²) in [5.74, 6) is 0. The van der Waals surface area contributed by atoms with Gasteiger partial charge in [-0.15, -0.1) is 0 Å².